The van der Waals surface area contributed by atoms with Gasteiger partial charge in [0.15, 0.2) is 11.6 Å². The summed E-state index contributed by atoms with van der Waals surface area (Å²) >= 11 is 0. The molecular formula is C13H17F2NO3. The summed E-state index contributed by atoms with van der Waals surface area (Å²) in [6.07, 6.45) is -0.263. The highest BCUT2D eigenvalue weighted by atomic mass is 19.1. The van der Waals surface area contributed by atoms with E-state index in [2.05, 4.69) is 4.74 Å². The van der Waals surface area contributed by atoms with Crippen LogP contribution in [-0.4, -0.2) is 43.7 Å². The molecule has 0 bridgehead atoms. The van der Waals surface area contributed by atoms with Gasteiger partial charge in [0.1, 0.15) is 5.82 Å². The maximum atomic E-state index is 13.9. The van der Waals surface area contributed by atoms with Crippen LogP contribution < -0.4 is 4.74 Å². The largest absolute Gasteiger partial charge is 0.494 e. The Bertz CT molecular complexity index is 463. The van der Waals surface area contributed by atoms with Crippen LogP contribution in [0.15, 0.2) is 12.1 Å². The van der Waals surface area contributed by atoms with E-state index >= 15 is 0 Å². The van der Waals surface area contributed by atoms with Crippen LogP contribution in [0.2, 0.25) is 0 Å². The van der Waals surface area contributed by atoms with Crippen molar-refractivity contribution in [2.45, 2.75) is 12.3 Å². The first-order chi connectivity index (χ1) is 8.85. The van der Waals surface area contributed by atoms with Crippen LogP contribution >= 0.6 is 0 Å². The fraction of sp³-hybridized carbons (Fsp3) is 0.462. The molecule has 1 atom stereocenters. The molecule has 1 N–H and O–H groups in total. The number of aliphatic carboxylic acids is 1. The van der Waals surface area contributed by atoms with E-state index in [0.29, 0.717) is 6.54 Å². The number of carboxylic acids is 1. The number of carboxylic acid groups (broad SMARTS) is 1. The number of methoxy groups -OCH3 is 1. The van der Waals surface area contributed by atoms with E-state index in [4.69, 9.17) is 5.11 Å². The minimum atomic E-state index is -1.05. The highest BCUT2D eigenvalue weighted by molar-refractivity contribution is 5.68. The molecule has 0 amide bonds. The van der Waals surface area contributed by atoms with Crippen LogP contribution in [0.5, 0.6) is 5.75 Å². The number of likely N-dealkylation sites (N-methyl/N-ethyl adjacent to an activating group) is 1. The summed E-state index contributed by atoms with van der Waals surface area (Å²) in [5.74, 6) is -3.23. The van der Waals surface area contributed by atoms with Crippen molar-refractivity contribution >= 4 is 5.97 Å². The molecule has 0 heterocycles. The molecule has 0 aromatic heterocycles. The SMILES string of the molecule is COc1cc(F)c(C(CC(=O)O)CN(C)C)cc1F. The van der Waals surface area contributed by atoms with Gasteiger partial charge in [-0.05, 0) is 25.7 Å². The third kappa shape index (κ3) is 4.17. The molecule has 19 heavy (non-hydrogen) atoms. The molecule has 6 heteroatoms. The Balaban J connectivity index is 3.14. The number of hydrogen-bond donors (Lipinski definition) is 1. The first-order valence-corrected chi connectivity index (χ1v) is 5.74. The molecule has 0 radical (unpaired) electrons. The third-order valence-corrected chi connectivity index (χ3v) is 2.72. The second-order valence-electron chi connectivity index (χ2n) is 4.57. The number of ether oxygens (including phenoxy) is 1. The van der Waals surface area contributed by atoms with Crippen molar-refractivity contribution in [3.63, 3.8) is 0 Å². The first kappa shape index (κ1) is 15.4. The van der Waals surface area contributed by atoms with Gasteiger partial charge in [-0.15, -0.1) is 0 Å². The van der Waals surface area contributed by atoms with Gasteiger partial charge < -0.3 is 14.7 Å². The topological polar surface area (TPSA) is 49.8 Å². The van der Waals surface area contributed by atoms with Gasteiger partial charge in [-0.3, -0.25) is 4.79 Å². The molecule has 106 valence electrons. The van der Waals surface area contributed by atoms with Crippen molar-refractivity contribution in [2.75, 3.05) is 27.7 Å². The zero-order valence-corrected chi connectivity index (χ0v) is 11.1. The molecule has 0 fully saturated rings. The molecule has 0 aliphatic heterocycles. The number of rotatable bonds is 6. The highest BCUT2D eigenvalue weighted by Gasteiger charge is 2.22. The molecule has 1 aromatic rings. The fourth-order valence-corrected chi connectivity index (χ4v) is 1.94. The average molecular weight is 273 g/mol. The Labute approximate surface area is 110 Å². The van der Waals surface area contributed by atoms with Gasteiger partial charge in [0.25, 0.3) is 0 Å². The molecule has 0 aliphatic carbocycles. The van der Waals surface area contributed by atoms with Gasteiger partial charge in [-0.25, -0.2) is 8.78 Å². The monoisotopic (exact) mass is 273 g/mol. The van der Waals surface area contributed by atoms with E-state index in [1.807, 2.05) is 0 Å². The smallest absolute Gasteiger partial charge is 0.304 e. The summed E-state index contributed by atoms with van der Waals surface area (Å²) in [6.45, 7) is 0.314. The second-order valence-corrected chi connectivity index (χ2v) is 4.57. The lowest BCUT2D eigenvalue weighted by atomic mass is 9.94. The lowest BCUT2D eigenvalue weighted by molar-refractivity contribution is -0.137. The normalized spacial score (nSPS) is 12.5. The van der Waals surface area contributed by atoms with Crippen LogP contribution in [-0.2, 0) is 4.79 Å². The molecule has 1 rings (SSSR count). The number of benzene rings is 1. The van der Waals surface area contributed by atoms with Crippen molar-refractivity contribution in [2.24, 2.45) is 0 Å². The van der Waals surface area contributed by atoms with E-state index in [0.717, 1.165) is 12.1 Å². The maximum Gasteiger partial charge on any atom is 0.304 e. The number of carbonyl (C=O) groups is 1. The van der Waals surface area contributed by atoms with Crippen LogP contribution in [0.1, 0.15) is 17.9 Å². The summed E-state index contributed by atoms with van der Waals surface area (Å²) in [5.41, 5.74) is 0.0504. The van der Waals surface area contributed by atoms with E-state index in [1.54, 1.807) is 19.0 Å². The quantitative estimate of drug-likeness (QED) is 0.862. The van der Waals surface area contributed by atoms with Gasteiger partial charge >= 0.3 is 5.97 Å². The molecule has 1 aromatic carbocycles. The molecule has 0 saturated heterocycles. The Kier molecular flexibility index (Phi) is 5.23. The van der Waals surface area contributed by atoms with Gasteiger partial charge in [0, 0.05) is 18.5 Å². The number of nitrogens with zero attached hydrogens (tertiary/aromatic N) is 1. The highest BCUT2D eigenvalue weighted by Crippen LogP contribution is 2.28. The van der Waals surface area contributed by atoms with Gasteiger partial charge in [-0.2, -0.15) is 0 Å². The van der Waals surface area contributed by atoms with Crippen molar-refractivity contribution in [1.29, 1.82) is 0 Å². The predicted octanol–water partition coefficient (Wildman–Crippen LogP) is 2.09. The van der Waals surface area contributed by atoms with Crippen molar-refractivity contribution in [1.82, 2.24) is 4.90 Å². The van der Waals surface area contributed by atoms with E-state index in [1.165, 1.54) is 7.11 Å². The fourth-order valence-electron chi connectivity index (χ4n) is 1.94. The minimum absolute atomic E-state index is 0.0504. The number of hydrogen-bond acceptors (Lipinski definition) is 3. The van der Waals surface area contributed by atoms with Crippen LogP contribution in [0.4, 0.5) is 8.78 Å². The zero-order chi connectivity index (χ0) is 14.6. The Morgan fingerprint density at radius 3 is 2.47 bits per heavy atom. The Hall–Kier alpha value is -1.69. The maximum absolute atomic E-state index is 13.9. The standard InChI is InChI=1S/C13H17F2NO3/c1-16(2)7-8(4-13(17)18)9-5-11(15)12(19-3)6-10(9)14/h5-6,8H,4,7H2,1-3H3,(H,17,18). The minimum Gasteiger partial charge on any atom is -0.494 e. The predicted molar refractivity (Wildman–Crippen MR) is 66.5 cm³/mol. The van der Waals surface area contributed by atoms with E-state index in [-0.39, 0.29) is 17.7 Å². The van der Waals surface area contributed by atoms with Gasteiger partial charge in [-0.1, -0.05) is 0 Å². The zero-order valence-electron chi connectivity index (χ0n) is 11.1. The summed E-state index contributed by atoms with van der Waals surface area (Å²) in [5, 5.41) is 8.86. The second kappa shape index (κ2) is 6.47. The molecule has 0 spiro atoms. The van der Waals surface area contributed by atoms with Gasteiger partial charge in [0.2, 0.25) is 0 Å². The van der Waals surface area contributed by atoms with Crippen LogP contribution in [0.25, 0.3) is 0 Å². The summed E-state index contributed by atoms with van der Waals surface area (Å²) in [7, 11) is 4.73. The van der Waals surface area contributed by atoms with E-state index < -0.39 is 23.5 Å². The molecule has 0 saturated carbocycles. The molecule has 1 unspecified atom stereocenters. The van der Waals surface area contributed by atoms with E-state index in [9.17, 15) is 13.6 Å². The van der Waals surface area contributed by atoms with Crippen molar-refractivity contribution < 1.29 is 23.4 Å². The average Bonchev–Trinajstić information content (AvgIpc) is 2.29. The summed E-state index contributed by atoms with van der Waals surface area (Å²) in [4.78, 5) is 12.6. The lowest BCUT2D eigenvalue weighted by Crippen LogP contribution is -2.23. The summed E-state index contributed by atoms with van der Waals surface area (Å²) in [6, 6.07) is 1.94. The van der Waals surface area contributed by atoms with Crippen LogP contribution in [0, 0.1) is 11.6 Å². The lowest BCUT2D eigenvalue weighted by Gasteiger charge is -2.21. The van der Waals surface area contributed by atoms with Gasteiger partial charge in [0.05, 0.1) is 13.5 Å². The molecule has 0 aliphatic rings. The molecular weight excluding hydrogens is 256 g/mol. The first-order valence-electron chi connectivity index (χ1n) is 5.74. The summed E-state index contributed by atoms with van der Waals surface area (Å²) < 4.78 is 32.2. The molecule has 4 nitrogen and oxygen atoms in total. The third-order valence-electron chi connectivity index (χ3n) is 2.72. The number of halogens is 2. The van der Waals surface area contributed by atoms with Crippen molar-refractivity contribution in [3.05, 3.63) is 29.3 Å². The Morgan fingerprint density at radius 2 is 2.00 bits per heavy atom. The Morgan fingerprint density at radius 1 is 1.37 bits per heavy atom. The van der Waals surface area contributed by atoms with Crippen molar-refractivity contribution in [3.8, 4) is 5.75 Å². The van der Waals surface area contributed by atoms with Crippen LogP contribution in [0.3, 0.4) is 0 Å².